The van der Waals surface area contributed by atoms with Crippen LogP contribution in [0.4, 0.5) is 4.79 Å². The fraction of sp³-hybridized carbons (Fsp3) is 0.929. The van der Waals surface area contributed by atoms with Crippen molar-refractivity contribution in [3.63, 3.8) is 0 Å². The van der Waals surface area contributed by atoms with Crippen LogP contribution in [0.5, 0.6) is 0 Å². The minimum Gasteiger partial charge on any atom is -0.444 e. The Morgan fingerprint density at radius 2 is 2.05 bits per heavy atom. The molecule has 5 heteroatoms. The van der Waals surface area contributed by atoms with Crippen LogP contribution in [0.3, 0.4) is 0 Å². The summed E-state index contributed by atoms with van der Waals surface area (Å²) in [6, 6.07) is 0. The summed E-state index contributed by atoms with van der Waals surface area (Å²) >= 11 is 0. The molecule has 2 atom stereocenters. The molecule has 0 aliphatic carbocycles. The maximum absolute atomic E-state index is 12.0. The monoisotopic (exact) mass is 273 g/mol. The van der Waals surface area contributed by atoms with Gasteiger partial charge in [0.2, 0.25) is 0 Å². The number of carbonyl (C=O) groups excluding carboxylic acids is 1. The Morgan fingerprint density at radius 1 is 1.37 bits per heavy atom. The van der Waals surface area contributed by atoms with Crippen LogP contribution in [-0.4, -0.2) is 43.4 Å². The average Bonchev–Trinajstić information content (AvgIpc) is 2.29. The molecule has 1 rings (SSSR count). The topological polar surface area (TPSA) is 48.0 Å². The molecule has 0 saturated carbocycles. The molecule has 1 heterocycles. The van der Waals surface area contributed by atoms with Gasteiger partial charge in [0, 0.05) is 13.1 Å². The van der Waals surface area contributed by atoms with Crippen molar-refractivity contribution < 1.29 is 19.3 Å². The molecule has 1 amide bonds. The Balaban J connectivity index is 2.38. The molecule has 0 radical (unpaired) electrons. The zero-order chi connectivity index (χ0) is 14.5. The molecular weight excluding hydrogens is 246 g/mol. The normalized spacial score (nSPS) is 24.4. The van der Waals surface area contributed by atoms with Gasteiger partial charge in [-0.1, -0.05) is 6.92 Å². The summed E-state index contributed by atoms with van der Waals surface area (Å²) in [5, 5.41) is 0. The summed E-state index contributed by atoms with van der Waals surface area (Å²) in [6.45, 7) is 9.98. The number of likely N-dealkylation sites (tertiary alicyclic amines) is 1. The highest BCUT2D eigenvalue weighted by atomic mass is 17.2. The molecule has 0 aromatic carbocycles. The number of ether oxygens (including phenoxy) is 1. The van der Waals surface area contributed by atoms with Crippen molar-refractivity contribution >= 4 is 6.09 Å². The lowest BCUT2D eigenvalue weighted by Gasteiger charge is -2.37. The van der Waals surface area contributed by atoms with E-state index in [4.69, 9.17) is 9.62 Å². The number of rotatable bonds is 4. The predicted molar refractivity (Wildman–Crippen MR) is 72.7 cm³/mol. The first-order valence-corrected chi connectivity index (χ1v) is 6.97. The van der Waals surface area contributed by atoms with Crippen molar-refractivity contribution in [1.82, 2.24) is 4.90 Å². The van der Waals surface area contributed by atoms with E-state index in [9.17, 15) is 4.79 Å². The van der Waals surface area contributed by atoms with E-state index in [-0.39, 0.29) is 6.09 Å². The lowest BCUT2D eigenvalue weighted by molar-refractivity contribution is -0.274. The van der Waals surface area contributed by atoms with Crippen LogP contribution in [0.25, 0.3) is 0 Å². The van der Waals surface area contributed by atoms with Crippen LogP contribution in [0.2, 0.25) is 0 Å². The van der Waals surface area contributed by atoms with Crippen LogP contribution in [0.15, 0.2) is 0 Å². The molecule has 1 aliphatic heterocycles. The largest absolute Gasteiger partial charge is 0.444 e. The van der Waals surface area contributed by atoms with Gasteiger partial charge < -0.3 is 9.64 Å². The molecule has 5 nitrogen and oxygen atoms in total. The Morgan fingerprint density at radius 3 is 2.58 bits per heavy atom. The fourth-order valence-electron chi connectivity index (χ4n) is 2.40. The highest BCUT2D eigenvalue weighted by molar-refractivity contribution is 5.68. The summed E-state index contributed by atoms with van der Waals surface area (Å²) in [6.07, 6.45) is 1.76. The summed E-state index contributed by atoms with van der Waals surface area (Å²) < 4.78 is 5.40. The molecule has 0 aromatic heterocycles. The minimum absolute atomic E-state index is 0.203. The number of nitrogens with zero attached hydrogens (tertiary/aromatic N) is 1. The molecule has 0 spiro atoms. The zero-order valence-electron chi connectivity index (χ0n) is 12.8. The zero-order valence-corrected chi connectivity index (χ0v) is 12.8. The van der Waals surface area contributed by atoms with E-state index < -0.39 is 5.60 Å². The van der Waals surface area contributed by atoms with Gasteiger partial charge >= 0.3 is 6.09 Å². The number of carbonyl (C=O) groups is 1. The van der Waals surface area contributed by atoms with Crippen molar-refractivity contribution in [2.75, 3.05) is 26.8 Å². The fourth-order valence-corrected chi connectivity index (χ4v) is 2.40. The summed E-state index contributed by atoms with van der Waals surface area (Å²) in [4.78, 5) is 23.3. The molecule has 0 aromatic rings. The number of hydrogen-bond donors (Lipinski definition) is 0. The van der Waals surface area contributed by atoms with Crippen molar-refractivity contribution in [3.8, 4) is 0 Å². The average molecular weight is 273 g/mol. The first-order chi connectivity index (χ1) is 8.83. The molecule has 0 N–H and O–H groups in total. The van der Waals surface area contributed by atoms with Gasteiger partial charge in [-0.05, 0) is 45.4 Å². The van der Waals surface area contributed by atoms with Gasteiger partial charge in [0.15, 0.2) is 0 Å². The molecule has 1 saturated heterocycles. The molecule has 1 fully saturated rings. The highest BCUT2D eigenvalue weighted by Gasteiger charge is 2.30. The van der Waals surface area contributed by atoms with E-state index in [1.807, 2.05) is 25.7 Å². The third kappa shape index (κ3) is 5.78. The Hall–Kier alpha value is -0.810. The third-order valence-corrected chi connectivity index (χ3v) is 3.42. The van der Waals surface area contributed by atoms with Crippen molar-refractivity contribution in [2.24, 2.45) is 11.8 Å². The van der Waals surface area contributed by atoms with Gasteiger partial charge in [-0.3, -0.25) is 0 Å². The van der Waals surface area contributed by atoms with Crippen LogP contribution < -0.4 is 0 Å². The predicted octanol–water partition coefficient (Wildman–Crippen LogP) is 2.85. The number of hydrogen-bond acceptors (Lipinski definition) is 4. The SMILES string of the molecule is COOCCC1CCN(C(=O)OC(C)(C)C)CC1C. The highest BCUT2D eigenvalue weighted by Crippen LogP contribution is 2.27. The van der Waals surface area contributed by atoms with E-state index in [2.05, 4.69) is 11.8 Å². The second-order valence-corrected chi connectivity index (χ2v) is 6.23. The minimum atomic E-state index is -0.427. The van der Waals surface area contributed by atoms with Gasteiger partial charge in [-0.25, -0.2) is 14.6 Å². The van der Waals surface area contributed by atoms with Crippen LogP contribution >= 0.6 is 0 Å². The quantitative estimate of drug-likeness (QED) is 0.449. The Labute approximate surface area is 116 Å². The van der Waals surface area contributed by atoms with E-state index in [0.29, 0.717) is 18.4 Å². The van der Waals surface area contributed by atoms with Gasteiger partial charge in [-0.15, -0.1) is 0 Å². The van der Waals surface area contributed by atoms with Crippen molar-refractivity contribution in [3.05, 3.63) is 0 Å². The van der Waals surface area contributed by atoms with Gasteiger partial charge in [0.05, 0.1) is 13.7 Å². The maximum Gasteiger partial charge on any atom is 0.410 e. The molecule has 0 bridgehead atoms. The Bertz CT molecular complexity index is 288. The summed E-state index contributed by atoms with van der Waals surface area (Å²) in [5.41, 5.74) is -0.427. The van der Waals surface area contributed by atoms with Crippen LogP contribution in [0, 0.1) is 11.8 Å². The lowest BCUT2D eigenvalue weighted by atomic mass is 9.85. The van der Waals surface area contributed by atoms with Gasteiger partial charge in [0.25, 0.3) is 0 Å². The number of piperidine rings is 1. The molecular formula is C14H27NO4. The van der Waals surface area contributed by atoms with E-state index >= 15 is 0 Å². The van der Waals surface area contributed by atoms with E-state index in [1.165, 1.54) is 7.11 Å². The first kappa shape index (κ1) is 16.2. The van der Waals surface area contributed by atoms with Crippen molar-refractivity contribution in [2.45, 2.75) is 46.1 Å². The summed E-state index contributed by atoms with van der Waals surface area (Å²) in [5.74, 6) is 1.04. The van der Waals surface area contributed by atoms with Crippen LogP contribution in [-0.2, 0) is 14.5 Å². The van der Waals surface area contributed by atoms with Gasteiger partial charge in [0.1, 0.15) is 5.60 Å². The van der Waals surface area contributed by atoms with Crippen molar-refractivity contribution in [1.29, 1.82) is 0 Å². The smallest absolute Gasteiger partial charge is 0.410 e. The molecule has 19 heavy (non-hydrogen) atoms. The second kappa shape index (κ2) is 7.10. The summed E-state index contributed by atoms with van der Waals surface area (Å²) in [7, 11) is 1.52. The van der Waals surface area contributed by atoms with Crippen LogP contribution in [0.1, 0.15) is 40.5 Å². The first-order valence-electron chi connectivity index (χ1n) is 6.97. The standard InChI is InChI=1S/C14H27NO4/c1-11-10-15(13(16)19-14(2,3)4)8-6-12(11)7-9-18-17-5/h11-12H,6-10H2,1-5H3. The molecule has 1 aliphatic rings. The Kier molecular flexibility index (Phi) is 6.07. The number of amides is 1. The lowest BCUT2D eigenvalue weighted by Crippen LogP contribution is -2.45. The van der Waals surface area contributed by atoms with E-state index in [1.54, 1.807) is 0 Å². The third-order valence-electron chi connectivity index (χ3n) is 3.42. The molecule has 2 unspecified atom stereocenters. The second-order valence-electron chi connectivity index (χ2n) is 6.23. The maximum atomic E-state index is 12.0. The van der Waals surface area contributed by atoms with E-state index in [0.717, 1.165) is 25.9 Å². The van der Waals surface area contributed by atoms with Gasteiger partial charge in [-0.2, -0.15) is 0 Å². The molecule has 112 valence electrons.